The maximum Gasteiger partial charge on any atom is 0.0625 e. The van der Waals surface area contributed by atoms with Gasteiger partial charge in [0.25, 0.3) is 0 Å². The third-order valence-electron chi connectivity index (χ3n) is 12.5. The average Bonchev–Trinajstić information content (AvgIpc) is 3.83. The van der Waals surface area contributed by atoms with Crippen LogP contribution in [0.15, 0.2) is 182 Å². The van der Waals surface area contributed by atoms with E-state index < -0.39 is 0 Å². The summed E-state index contributed by atoms with van der Waals surface area (Å²) >= 11 is 0. The van der Waals surface area contributed by atoms with Crippen molar-refractivity contribution in [2.45, 2.75) is 19.3 Å². The maximum atomic E-state index is 2.47. The van der Waals surface area contributed by atoms with Gasteiger partial charge in [0.1, 0.15) is 0 Å². The van der Waals surface area contributed by atoms with E-state index in [4.69, 9.17) is 0 Å². The normalized spacial score (nSPS) is 13.4. The summed E-state index contributed by atoms with van der Waals surface area (Å²) in [5.41, 5.74) is 15.1. The third-order valence-corrected chi connectivity index (χ3v) is 12.5. The molecule has 12 rings (SSSR count). The molecular weight excluding hydrogens is 665 g/mol. The van der Waals surface area contributed by atoms with Gasteiger partial charge in [-0.3, -0.25) is 0 Å². The van der Waals surface area contributed by atoms with Crippen LogP contribution in [0.4, 0.5) is 0 Å². The first-order valence-corrected chi connectivity index (χ1v) is 19.3. The first-order valence-electron chi connectivity index (χ1n) is 19.3. The summed E-state index contributed by atoms with van der Waals surface area (Å²) in [6, 6.07) is 67.5. The van der Waals surface area contributed by atoms with E-state index in [1.165, 1.54) is 110 Å². The second-order valence-corrected chi connectivity index (χ2v) is 15.7. The lowest BCUT2D eigenvalue weighted by molar-refractivity contribution is 0.661. The lowest BCUT2D eigenvalue weighted by Crippen LogP contribution is -2.14. The van der Waals surface area contributed by atoms with Crippen LogP contribution >= 0.6 is 0 Å². The van der Waals surface area contributed by atoms with Crippen molar-refractivity contribution in [2.24, 2.45) is 0 Å². The topological polar surface area (TPSA) is 9.86 Å². The van der Waals surface area contributed by atoms with E-state index in [0.717, 1.165) is 0 Å². The van der Waals surface area contributed by atoms with Crippen molar-refractivity contribution in [1.29, 1.82) is 0 Å². The molecule has 0 spiro atoms. The molecule has 2 heteroatoms. The molecule has 2 nitrogen and oxygen atoms in total. The lowest BCUT2D eigenvalue weighted by Gasteiger charge is -2.21. The van der Waals surface area contributed by atoms with Crippen LogP contribution in [-0.2, 0) is 5.41 Å². The average molecular weight is 701 g/mol. The molecule has 2 heterocycles. The van der Waals surface area contributed by atoms with E-state index in [2.05, 4.69) is 205 Å². The Bertz CT molecular complexity index is 3380. The van der Waals surface area contributed by atoms with Gasteiger partial charge in [0.15, 0.2) is 0 Å². The van der Waals surface area contributed by atoms with Crippen molar-refractivity contribution in [1.82, 2.24) is 9.13 Å². The van der Waals surface area contributed by atoms with Crippen molar-refractivity contribution < 1.29 is 0 Å². The summed E-state index contributed by atoms with van der Waals surface area (Å²) in [5.74, 6) is 0. The number of rotatable bonds is 3. The Morgan fingerprint density at radius 3 is 1.58 bits per heavy atom. The number of hydrogen-bond donors (Lipinski definition) is 0. The molecule has 1 aliphatic rings. The molecule has 0 saturated carbocycles. The van der Waals surface area contributed by atoms with E-state index in [9.17, 15) is 0 Å². The molecule has 0 amide bonds. The van der Waals surface area contributed by atoms with Crippen molar-refractivity contribution >= 4 is 65.2 Å². The number of nitrogens with zero attached hydrogens (tertiary/aromatic N) is 2. The van der Waals surface area contributed by atoms with Gasteiger partial charge in [0.2, 0.25) is 0 Å². The van der Waals surface area contributed by atoms with Gasteiger partial charge in [-0.2, -0.15) is 0 Å². The van der Waals surface area contributed by atoms with Gasteiger partial charge in [-0.1, -0.05) is 135 Å². The Morgan fingerprint density at radius 2 is 0.873 bits per heavy atom. The smallest absolute Gasteiger partial charge is 0.0625 e. The highest BCUT2D eigenvalue weighted by Crippen LogP contribution is 2.51. The molecule has 258 valence electrons. The Balaban J connectivity index is 1.16. The highest BCUT2D eigenvalue weighted by atomic mass is 15.0. The zero-order chi connectivity index (χ0) is 36.4. The number of para-hydroxylation sites is 2. The molecule has 11 aromatic rings. The molecule has 0 fully saturated rings. The van der Waals surface area contributed by atoms with Crippen LogP contribution in [0.25, 0.3) is 98.8 Å². The van der Waals surface area contributed by atoms with Crippen LogP contribution in [-0.4, -0.2) is 9.13 Å². The summed E-state index contributed by atoms with van der Waals surface area (Å²) in [6.07, 6.45) is 0. The summed E-state index contributed by atoms with van der Waals surface area (Å²) < 4.78 is 4.93. The monoisotopic (exact) mass is 700 g/mol. The highest BCUT2D eigenvalue weighted by Gasteiger charge is 2.36. The number of aromatic nitrogens is 2. The van der Waals surface area contributed by atoms with Gasteiger partial charge in [-0.05, 0) is 110 Å². The SMILES string of the molecule is CC1(C)c2ccccc2-c2cc3c4cc(-c5ccc6c(c5)c5c7ccccc7c7ccccc7c5n6-c5ccccc5)ccc4n(-c4ccccc4)c3cc21. The Morgan fingerprint density at radius 1 is 0.345 bits per heavy atom. The minimum absolute atomic E-state index is 0.0763. The fourth-order valence-electron chi connectivity index (χ4n) is 9.95. The van der Waals surface area contributed by atoms with E-state index in [0.29, 0.717) is 0 Å². The largest absolute Gasteiger partial charge is 0.309 e. The maximum absolute atomic E-state index is 2.47. The highest BCUT2D eigenvalue weighted by molar-refractivity contribution is 6.32. The zero-order valence-corrected chi connectivity index (χ0v) is 30.7. The van der Waals surface area contributed by atoms with Gasteiger partial charge >= 0.3 is 0 Å². The molecule has 0 saturated heterocycles. The number of benzene rings is 9. The predicted octanol–water partition coefficient (Wildman–Crippen LogP) is 14.2. The van der Waals surface area contributed by atoms with E-state index in [-0.39, 0.29) is 5.41 Å². The van der Waals surface area contributed by atoms with Crippen molar-refractivity contribution in [2.75, 3.05) is 0 Å². The van der Waals surface area contributed by atoms with Crippen LogP contribution in [0.3, 0.4) is 0 Å². The number of fused-ring (bicyclic) bond motifs is 14. The van der Waals surface area contributed by atoms with Crippen LogP contribution in [0, 0.1) is 0 Å². The van der Waals surface area contributed by atoms with Gasteiger partial charge in [0, 0.05) is 43.7 Å². The molecule has 2 aromatic heterocycles. The molecule has 0 atom stereocenters. The molecule has 0 radical (unpaired) electrons. The molecule has 0 aliphatic heterocycles. The van der Waals surface area contributed by atoms with Crippen molar-refractivity contribution in [3.8, 4) is 33.6 Å². The van der Waals surface area contributed by atoms with Gasteiger partial charge in [-0.25, -0.2) is 0 Å². The Hall–Kier alpha value is -6.90. The molecule has 9 aromatic carbocycles. The molecule has 0 N–H and O–H groups in total. The van der Waals surface area contributed by atoms with Crippen molar-refractivity contribution in [3.05, 3.63) is 193 Å². The van der Waals surface area contributed by atoms with Gasteiger partial charge in [-0.15, -0.1) is 0 Å². The van der Waals surface area contributed by atoms with Crippen LogP contribution in [0.5, 0.6) is 0 Å². The number of hydrogen-bond acceptors (Lipinski definition) is 0. The van der Waals surface area contributed by atoms with Gasteiger partial charge in [0.05, 0.1) is 22.1 Å². The fraction of sp³-hybridized carbons (Fsp3) is 0.0566. The predicted molar refractivity (Wildman–Crippen MR) is 233 cm³/mol. The lowest BCUT2D eigenvalue weighted by atomic mass is 9.82. The van der Waals surface area contributed by atoms with Crippen LogP contribution < -0.4 is 0 Å². The Kier molecular flexibility index (Phi) is 6.15. The summed E-state index contributed by atoms with van der Waals surface area (Å²) in [5, 5.41) is 10.2. The fourth-order valence-corrected chi connectivity index (χ4v) is 9.95. The summed E-state index contributed by atoms with van der Waals surface area (Å²) in [7, 11) is 0. The second kappa shape index (κ2) is 11.1. The third kappa shape index (κ3) is 4.14. The molecule has 0 unspecified atom stereocenters. The summed E-state index contributed by atoms with van der Waals surface area (Å²) in [4.78, 5) is 0. The quantitative estimate of drug-likeness (QED) is 0.162. The molecule has 55 heavy (non-hydrogen) atoms. The standard InChI is InChI=1S/C53H36N2/c1-53(2)46-24-14-13-21-39(46)42-31-44-43-29-33(25-27-48(43)54(50(44)32-47(42)53)35-15-5-3-6-16-35)34-26-28-49-45(30-34)51-40-22-11-9-19-37(40)38-20-10-12-23-41(38)52(51)55(49)36-17-7-4-8-18-36/h3-32H,1-2H3. The zero-order valence-electron chi connectivity index (χ0n) is 30.7. The van der Waals surface area contributed by atoms with Crippen LogP contribution in [0.2, 0.25) is 0 Å². The summed E-state index contributed by atoms with van der Waals surface area (Å²) in [6.45, 7) is 4.74. The van der Waals surface area contributed by atoms with E-state index in [1.54, 1.807) is 0 Å². The first kappa shape index (κ1) is 30.6. The van der Waals surface area contributed by atoms with Crippen LogP contribution in [0.1, 0.15) is 25.0 Å². The van der Waals surface area contributed by atoms with E-state index in [1.807, 2.05) is 0 Å². The molecular formula is C53H36N2. The minimum atomic E-state index is -0.0763. The minimum Gasteiger partial charge on any atom is -0.309 e. The molecule has 1 aliphatic carbocycles. The van der Waals surface area contributed by atoms with E-state index >= 15 is 0 Å². The van der Waals surface area contributed by atoms with Gasteiger partial charge < -0.3 is 9.13 Å². The first-order chi connectivity index (χ1) is 27.1. The van der Waals surface area contributed by atoms with Crippen molar-refractivity contribution in [3.63, 3.8) is 0 Å². The molecule has 0 bridgehead atoms. The Labute approximate surface area is 319 Å². The second-order valence-electron chi connectivity index (χ2n) is 15.7.